The largest absolute Gasteiger partial charge is 0.431 e. The number of aryl methyl sites for hydroxylation is 6. The number of aromatic nitrogens is 3. The van der Waals surface area contributed by atoms with E-state index in [1.807, 2.05) is 18.3 Å². The van der Waals surface area contributed by atoms with E-state index in [0.29, 0.717) is 5.69 Å². The van der Waals surface area contributed by atoms with Gasteiger partial charge in [0.2, 0.25) is 0 Å². The van der Waals surface area contributed by atoms with Crippen LogP contribution in [-0.2, 0) is 6.42 Å². The Morgan fingerprint density at radius 2 is 1.45 bits per heavy atom. The van der Waals surface area contributed by atoms with Crippen molar-refractivity contribution in [3.05, 3.63) is 118 Å². The second-order valence-corrected chi connectivity index (χ2v) is 10.9. The first kappa shape index (κ1) is 25.7. The Kier molecular flexibility index (Phi) is 6.54. The third-order valence-electron chi connectivity index (χ3n) is 7.70. The van der Waals surface area contributed by atoms with Gasteiger partial charge in [-0.25, -0.2) is 4.98 Å². The third-order valence-corrected chi connectivity index (χ3v) is 7.70. The van der Waals surface area contributed by atoms with Crippen LogP contribution in [0.2, 0.25) is 0 Å². The van der Waals surface area contributed by atoms with Gasteiger partial charge in [0.25, 0.3) is 0 Å². The zero-order valence-electron chi connectivity index (χ0n) is 24.1. The molecule has 0 saturated heterocycles. The van der Waals surface area contributed by atoms with Crippen LogP contribution in [0, 0.1) is 41.5 Å². The van der Waals surface area contributed by atoms with Crippen LogP contribution >= 0.6 is 0 Å². The molecule has 0 aliphatic carbocycles. The summed E-state index contributed by atoms with van der Waals surface area (Å²) >= 11 is 0. The summed E-state index contributed by atoms with van der Waals surface area (Å²) < 4.78 is 4.30. The lowest BCUT2D eigenvalue weighted by atomic mass is 10.0. The van der Waals surface area contributed by atoms with Gasteiger partial charge in [-0.15, -0.1) is 0 Å². The fraction of sp³-hybridized carbons (Fsp3) is 0.235. The average Bonchev–Trinajstić information content (AvgIpc) is 3.51. The molecule has 1 aliphatic heterocycles. The highest BCUT2D eigenvalue weighted by Gasteiger charge is 2.26. The van der Waals surface area contributed by atoms with Crippen molar-refractivity contribution < 1.29 is 4.57 Å². The normalized spacial score (nSPS) is 12.9. The molecule has 40 heavy (non-hydrogen) atoms. The highest BCUT2D eigenvalue weighted by molar-refractivity contribution is 5.68. The molecule has 6 heteroatoms. The van der Waals surface area contributed by atoms with Crippen LogP contribution < -0.4 is 9.47 Å². The highest BCUT2D eigenvalue weighted by Crippen LogP contribution is 2.34. The maximum absolute atomic E-state index is 4.86. The third kappa shape index (κ3) is 4.60. The maximum Gasteiger partial charge on any atom is 0.431 e. The first-order valence-electron chi connectivity index (χ1n) is 13.8. The lowest BCUT2D eigenvalue weighted by molar-refractivity contribution is -0.581. The molecule has 0 spiro atoms. The molecule has 3 heterocycles. The molecular formula is C34H35N6+. The van der Waals surface area contributed by atoms with Gasteiger partial charge in [0.05, 0.1) is 6.20 Å². The lowest BCUT2D eigenvalue weighted by Crippen LogP contribution is -2.31. The van der Waals surface area contributed by atoms with Gasteiger partial charge in [0.15, 0.2) is 0 Å². The second kappa shape index (κ2) is 10.2. The molecule has 2 aromatic heterocycles. The quantitative estimate of drug-likeness (QED) is 0.171. The minimum atomic E-state index is 0.713. The van der Waals surface area contributed by atoms with Gasteiger partial charge in [-0.3, -0.25) is 0 Å². The summed E-state index contributed by atoms with van der Waals surface area (Å²) in [6.45, 7) is 13.8. The fourth-order valence-electron chi connectivity index (χ4n) is 6.21. The van der Waals surface area contributed by atoms with Gasteiger partial charge < -0.3 is 4.90 Å². The molecule has 0 bridgehead atoms. The van der Waals surface area contributed by atoms with E-state index in [-0.39, 0.29) is 0 Å². The number of fused-ring (bicyclic) bond motifs is 1. The van der Waals surface area contributed by atoms with Gasteiger partial charge in [-0.05, 0) is 94.0 Å². The standard InChI is InChI=1S/C34H35N6/c1-22-17-24(3)32(25(4)18-22)39-15-16-40(33-26(5)19-23(2)20-27(33)6)34(39)37-36-29-11-12-31(35-21-29)38-14-13-28-9-7-8-10-30(28)38/h7-12,15-21H,13-14H2,1-6H3/q+1. The molecule has 6 rings (SSSR count). The smallest absolute Gasteiger partial charge is 0.326 e. The van der Waals surface area contributed by atoms with Crippen LogP contribution in [0.5, 0.6) is 0 Å². The van der Waals surface area contributed by atoms with Crippen LogP contribution in [0.15, 0.2) is 89.5 Å². The molecule has 0 atom stereocenters. The monoisotopic (exact) mass is 527 g/mol. The van der Waals surface area contributed by atoms with Crippen molar-refractivity contribution in [3.8, 4) is 11.4 Å². The molecule has 3 aromatic carbocycles. The van der Waals surface area contributed by atoms with E-state index in [9.17, 15) is 0 Å². The van der Waals surface area contributed by atoms with Gasteiger partial charge in [-0.2, -0.15) is 9.13 Å². The van der Waals surface area contributed by atoms with E-state index >= 15 is 0 Å². The summed E-state index contributed by atoms with van der Waals surface area (Å²) in [4.78, 5) is 7.02. The van der Waals surface area contributed by atoms with Crippen molar-refractivity contribution in [2.75, 3.05) is 11.4 Å². The summed E-state index contributed by atoms with van der Waals surface area (Å²) in [6, 6.07) is 21.4. The van der Waals surface area contributed by atoms with E-state index in [0.717, 1.165) is 36.1 Å². The zero-order valence-corrected chi connectivity index (χ0v) is 24.1. The molecule has 0 radical (unpaired) electrons. The zero-order chi connectivity index (χ0) is 28.0. The van der Waals surface area contributed by atoms with Crippen LogP contribution in [0.25, 0.3) is 11.4 Å². The predicted molar refractivity (Wildman–Crippen MR) is 161 cm³/mol. The minimum absolute atomic E-state index is 0.713. The van der Waals surface area contributed by atoms with E-state index in [2.05, 4.69) is 122 Å². The number of para-hydroxylation sites is 1. The molecule has 0 fully saturated rings. The predicted octanol–water partition coefficient (Wildman–Crippen LogP) is 8.11. The molecule has 5 aromatic rings. The van der Waals surface area contributed by atoms with Gasteiger partial charge >= 0.3 is 5.95 Å². The molecule has 0 saturated carbocycles. The van der Waals surface area contributed by atoms with Crippen LogP contribution in [0.3, 0.4) is 0 Å². The van der Waals surface area contributed by atoms with E-state index in [1.165, 1.54) is 44.6 Å². The van der Waals surface area contributed by atoms with Crippen molar-refractivity contribution in [2.45, 2.75) is 48.0 Å². The van der Waals surface area contributed by atoms with Gasteiger partial charge in [0, 0.05) is 17.3 Å². The SMILES string of the molecule is Cc1cc(C)c(-n2cc[n+](-c3c(C)cc(C)cc3C)c2N=Nc2ccc(N3CCc4ccccc43)nc2)c(C)c1. The van der Waals surface area contributed by atoms with Crippen molar-refractivity contribution >= 4 is 23.1 Å². The molecule has 0 N–H and O–H groups in total. The Bertz CT molecular complexity index is 1640. The molecule has 0 amide bonds. The summed E-state index contributed by atoms with van der Waals surface area (Å²) in [5, 5.41) is 9.55. The molecule has 0 unspecified atom stereocenters. The van der Waals surface area contributed by atoms with Crippen molar-refractivity contribution in [1.82, 2.24) is 9.55 Å². The molecule has 200 valence electrons. The first-order valence-corrected chi connectivity index (χ1v) is 13.8. The number of hydrogen-bond donors (Lipinski definition) is 0. The topological polar surface area (TPSA) is 49.7 Å². The number of imidazole rings is 1. The summed E-state index contributed by atoms with van der Waals surface area (Å²) in [7, 11) is 0. The number of hydrogen-bond acceptors (Lipinski definition) is 4. The Hall–Kier alpha value is -4.58. The highest BCUT2D eigenvalue weighted by atomic mass is 15.3. The Morgan fingerprint density at radius 1 is 0.775 bits per heavy atom. The average molecular weight is 528 g/mol. The van der Waals surface area contributed by atoms with E-state index in [4.69, 9.17) is 10.1 Å². The van der Waals surface area contributed by atoms with Gasteiger partial charge in [-0.1, -0.05) is 58.7 Å². The second-order valence-electron chi connectivity index (χ2n) is 10.9. The summed E-state index contributed by atoms with van der Waals surface area (Å²) in [6.07, 6.45) is 7.02. The first-order chi connectivity index (χ1) is 19.3. The lowest BCUT2D eigenvalue weighted by Gasteiger charge is -2.17. The number of pyridine rings is 1. The number of benzene rings is 3. The number of rotatable bonds is 5. The van der Waals surface area contributed by atoms with Crippen LogP contribution in [0.1, 0.15) is 38.9 Å². The number of azo groups is 1. The van der Waals surface area contributed by atoms with Crippen molar-refractivity contribution in [1.29, 1.82) is 0 Å². The Labute approximate surface area is 236 Å². The summed E-state index contributed by atoms with van der Waals surface area (Å²) in [5.74, 6) is 1.67. The van der Waals surface area contributed by atoms with Crippen molar-refractivity contribution in [3.63, 3.8) is 0 Å². The minimum Gasteiger partial charge on any atom is -0.326 e. The van der Waals surface area contributed by atoms with E-state index < -0.39 is 0 Å². The summed E-state index contributed by atoms with van der Waals surface area (Å²) in [5.41, 5.74) is 12.9. The molecule has 1 aliphatic rings. The van der Waals surface area contributed by atoms with E-state index in [1.54, 1.807) is 0 Å². The Balaban J connectivity index is 1.42. The van der Waals surface area contributed by atoms with Crippen LogP contribution in [0.4, 0.5) is 23.1 Å². The van der Waals surface area contributed by atoms with Crippen molar-refractivity contribution in [2.24, 2.45) is 10.2 Å². The molecular weight excluding hydrogens is 492 g/mol. The number of anilines is 2. The number of nitrogens with zero attached hydrogens (tertiary/aromatic N) is 6. The molecule has 6 nitrogen and oxygen atoms in total. The fourth-order valence-corrected chi connectivity index (χ4v) is 6.21. The van der Waals surface area contributed by atoms with Gasteiger partial charge in [0.1, 0.15) is 35.3 Å². The van der Waals surface area contributed by atoms with Crippen LogP contribution in [-0.4, -0.2) is 16.1 Å². The maximum atomic E-state index is 4.86. The Morgan fingerprint density at radius 3 is 2.12 bits per heavy atom.